The van der Waals surface area contributed by atoms with E-state index < -0.39 is 5.91 Å². The lowest BCUT2D eigenvalue weighted by Gasteiger charge is -2.07. The van der Waals surface area contributed by atoms with Gasteiger partial charge in [0.1, 0.15) is 0 Å². The van der Waals surface area contributed by atoms with Crippen LogP contribution < -0.4 is 16.2 Å². The molecule has 1 heterocycles. The molecule has 0 aliphatic heterocycles. The van der Waals surface area contributed by atoms with Crippen molar-refractivity contribution in [2.24, 2.45) is 0 Å². The van der Waals surface area contributed by atoms with Crippen LogP contribution >= 0.6 is 0 Å². The van der Waals surface area contributed by atoms with Gasteiger partial charge in [0.15, 0.2) is 0 Å². The first-order valence-electron chi connectivity index (χ1n) is 6.45. The molecule has 110 valence electrons. The molecule has 0 radical (unpaired) electrons. The molecule has 0 bridgehead atoms. The molecule has 0 saturated heterocycles. The summed E-state index contributed by atoms with van der Waals surface area (Å²) >= 11 is 0. The van der Waals surface area contributed by atoms with Crippen LogP contribution in [0.25, 0.3) is 0 Å². The van der Waals surface area contributed by atoms with Crippen molar-refractivity contribution in [1.82, 2.24) is 15.6 Å². The van der Waals surface area contributed by atoms with Gasteiger partial charge in [-0.3, -0.25) is 14.4 Å². The fourth-order valence-electron chi connectivity index (χ4n) is 1.42. The smallest absolute Gasteiger partial charge is 0.253 e. The van der Waals surface area contributed by atoms with E-state index in [1.54, 1.807) is 0 Å². The Balaban J connectivity index is 2.22. The Bertz CT molecular complexity index is 478. The van der Waals surface area contributed by atoms with Crippen molar-refractivity contribution in [3.05, 3.63) is 34.2 Å². The van der Waals surface area contributed by atoms with Gasteiger partial charge in [-0.25, -0.2) is 0 Å². The fourth-order valence-corrected chi connectivity index (χ4v) is 1.42. The van der Waals surface area contributed by atoms with Crippen LogP contribution in [0.15, 0.2) is 23.1 Å². The maximum atomic E-state index is 11.6. The summed E-state index contributed by atoms with van der Waals surface area (Å²) in [5.74, 6) is -0.676. The first kappa shape index (κ1) is 15.9. The number of hydrogen-bond acceptors (Lipinski definition) is 4. The summed E-state index contributed by atoms with van der Waals surface area (Å²) in [6, 6.07) is 2.65. The molecule has 7 nitrogen and oxygen atoms in total. The van der Waals surface area contributed by atoms with Gasteiger partial charge in [-0.2, -0.15) is 0 Å². The summed E-state index contributed by atoms with van der Waals surface area (Å²) in [5, 5.41) is 5.13. The van der Waals surface area contributed by atoms with Gasteiger partial charge in [0.2, 0.25) is 11.5 Å². The molecule has 0 aromatic carbocycles. The summed E-state index contributed by atoms with van der Waals surface area (Å²) in [6.45, 7) is 3.56. The van der Waals surface area contributed by atoms with Gasteiger partial charge >= 0.3 is 0 Å². The van der Waals surface area contributed by atoms with E-state index in [0.717, 1.165) is 6.42 Å². The van der Waals surface area contributed by atoms with Gasteiger partial charge < -0.3 is 20.4 Å². The van der Waals surface area contributed by atoms with Crippen molar-refractivity contribution in [2.75, 3.05) is 26.3 Å². The second-order valence-corrected chi connectivity index (χ2v) is 4.02. The first-order valence-corrected chi connectivity index (χ1v) is 6.45. The number of H-pyrrole nitrogens is 1. The predicted molar refractivity (Wildman–Crippen MR) is 73.5 cm³/mol. The van der Waals surface area contributed by atoms with Gasteiger partial charge in [0.25, 0.3) is 5.91 Å². The molecule has 2 amide bonds. The van der Waals surface area contributed by atoms with Crippen LogP contribution in [0.2, 0.25) is 0 Å². The summed E-state index contributed by atoms with van der Waals surface area (Å²) in [7, 11) is 0. The Labute approximate surface area is 116 Å². The lowest BCUT2D eigenvalue weighted by atomic mass is 10.2. The number of carbonyl (C=O) groups is 2. The van der Waals surface area contributed by atoms with Gasteiger partial charge in [-0.15, -0.1) is 0 Å². The van der Waals surface area contributed by atoms with E-state index in [-0.39, 0.29) is 18.0 Å². The van der Waals surface area contributed by atoms with Gasteiger partial charge in [-0.1, -0.05) is 0 Å². The molecule has 7 heteroatoms. The van der Waals surface area contributed by atoms with E-state index in [1.807, 2.05) is 6.92 Å². The van der Waals surface area contributed by atoms with E-state index >= 15 is 0 Å². The zero-order valence-electron chi connectivity index (χ0n) is 11.4. The SMILES string of the molecule is CCOCCCNC(=O)CNC(=O)c1ccc(=O)[nH]c1. The van der Waals surface area contributed by atoms with Crippen molar-refractivity contribution in [3.8, 4) is 0 Å². The molecule has 0 fully saturated rings. The summed E-state index contributed by atoms with van der Waals surface area (Å²) in [6.07, 6.45) is 2.03. The lowest BCUT2D eigenvalue weighted by molar-refractivity contribution is -0.120. The van der Waals surface area contributed by atoms with E-state index in [4.69, 9.17) is 4.74 Å². The van der Waals surface area contributed by atoms with Crippen LogP contribution in [0, 0.1) is 0 Å². The van der Waals surface area contributed by atoms with Crippen molar-refractivity contribution in [3.63, 3.8) is 0 Å². The highest BCUT2D eigenvalue weighted by molar-refractivity contribution is 5.96. The molecule has 0 aliphatic rings. The van der Waals surface area contributed by atoms with Crippen molar-refractivity contribution in [1.29, 1.82) is 0 Å². The number of hydrogen-bond donors (Lipinski definition) is 3. The highest BCUT2D eigenvalue weighted by atomic mass is 16.5. The lowest BCUT2D eigenvalue weighted by Crippen LogP contribution is -2.37. The van der Waals surface area contributed by atoms with Crippen LogP contribution in [0.4, 0.5) is 0 Å². The third kappa shape index (κ3) is 6.14. The Morgan fingerprint density at radius 2 is 2.10 bits per heavy atom. The average molecular weight is 281 g/mol. The Kier molecular flexibility index (Phi) is 7.05. The third-order valence-electron chi connectivity index (χ3n) is 2.45. The number of pyridine rings is 1. The maximum absolute atomic E-state index is 11.6. The third-order valence-corrected chi connectivity index (χ3v) is 2.45. The number of aromatic nitrogens is 1. The van der Waals surface area contributed by atoms with Gasteiger partial charge in [0.05, 0.1) is 12.1 Å². The maximum Gasteiger partial charge on any atom is 0.253 e. The molecule has 0 spiro atoms. The Morgan fingerprint density at radius 3 is 2.75 bits per heavy atom. The Morgan fingerprint density at radius 1 is 1.30 bits per heavy atom. The summed E-state index contributed by atoms with van der Waals surface area (Å²) in [5.41, 5.74) is 0.0161. The minimum atomic E-state index is -0.411. The van der Waals surface area contributed by atoms with E-state index in [9.17, 15) is 14.4 Å². The molecule has 0 saturated carbocycles. The summed E-state index contributed by atoms with van der Waals surface area (Å²) in [4.78, 5) is 36.3. The molecule has 20 heavy (non-hydrogen) atoms. The van der Waals surface area contributed by atoms with Crippen molar-refractivity contribution >= 4 is 11.8 Å². The van der Waals surface area contributed by atoms with E-state index in [0.29, 0.717) is 25.3 Å². The van der Waals surface area contributed by atoms with Gasteiger partial charge in [0, 0.05) is 32.0 Å². The molecule has 0 unspecified atom stereocenters. The molecule has 0 aliphatic carbocycles. The normalized spacial score (nSPS) is 10.1. The van der Waals surface area contributed by atoms with Crippen LogP contribution in [0.3, 0.4) is 0 Å². The van der Waals surface area contributed by atoms with E-state index in [2.05, 4.69) is 15.6 Å². The standard InChI is InChI=1S/C13H19N3O4/c1-2-20-7-3-6-14-12(18)9-16-13(19)10-4-5-11(17)15-8-10/h4-5,8H,2-3,6-7,9H2,1H3,(H,14,18)(H,15,17)(H,16,19). The number of carbonyl (C=O) groups excluding carboxylic acids is 2. The van der Waals surface area contributed by atoms with Gasteiger partial charge in [-0.05, 0) is 19.4 Å². The molecule has 1 aromatic rings. The zero-order chi connectivity index (χ0) is 14.8. The predicted octanol–water partition coefficient (Wildman–Crippen LogP) is -0.352. The van der Waals surface area contributed by atoms with Crippen LogP contribution in [0.5, 0.6) is 0 Å². The fraction of sp³-hybridized carbons (Fsp3) is 0.462. The molecular weight excluding hydrogens is 262 g/mol. The monoisotopic (exact) mass is 281 g/mol. The summed E-state index contributed by atoms with van der Waals surface area (Å²) < 4.78 is 5.13. The minimum absolute atomic E-state index is 0.105. The van der Waals surface area contributed by atoms with Crippen LogP contribution in [-0.4, -0.2) is 43.1 Å². The van der Waals surface area contributed by atoms with Crippen molar-refractivity contribution in [2.45, 2.75) is 13.3 Å². The van der Waals surface area contributed by atoms with Crippen LogP contribution in [-0.2, 0) is 9.53 Å². The van der Waals surface area contributed by atoms with Crippen molar-refractivity contribution < 1.29 is 14.3 Å². The number of amides is 2. The highest BCUT2D eigenvalue weighted by Gasteiger charge is 2.07. The second-order valence-electron chi connectivity index (χ2n) is 4.02. The van der Waals surface area contributed by atoms with E-state index in [1.165, 1.54) is 18.3 Å². The van der Waals surface area contributed by atoms with Crippen LogP contribution in [0.1, 0.15) is 23.7 Å². The second kappa shape index (κ2) is 8.87. The largest absolute Gasteiger partial charge is 0.382 e. The number of ether oxygens (including phenoxy) is 1. The quantitative estimate of drug-likeness (QED) is 0.567. The molecule has 1 aromatic heterocycles. The minimum Gasteiger partial charge on any atom is -0.382 e. The average Bonchev–Trinajstić information content (AvgIpc) is 2.45. The molecule has 3 N–H and O–H groups in total. The molecule has 1 rings (SSSR count). The zero-order valence-corrected chi connectivity index (χ0v) is 11.4. The number of rotatable bonds is 8. The molecule has 0 atom stereocenters. The number of nitrogens with one attached hydrogen (secondary N) is 3. The first-order chi connectivity index (χ1) is 9.63. The number of aromatic amines is 1. The topological polar surface area (TPSA) is 100 Å². The molecular formula is C13H19N3O4. The Hall–Kier alpha value is -2.15. The highest BCUT2D eigenvalue weighted by Crippen LogP contribution is 1.92.